The van der Waals surface area contributed by atoms with Gasteiger partial charge in [0, 0.05) is 18.0 Å². The number of nitrogens with one attached hydrogen (secondary N) is 1. The molecule has 5 N–H and O–H groups in total. The first kappa shape index (κ1) is 21.2. The average Bonchev–Trinajstić information content (AvgIpc) is 2.76. The minimum Gasteiger partial charge on any atom is -0.392 e. The van der Waals surface area contributed by atoms with Crippen molar-refractivity contribution in [3.8, 4) is 11.3 Å². The van der Waals surface area contributed by atoms with Gasteiger partial charge in [0.1, 0.15) is 11.6 Å². The Hall–Kier alpha value is -4.09. The summed E-state index contributed by atoms with van der Waals surface area (Å²) in [6.07, 6.45) is 0. The quantitative estimate of drug-likeness (QED) is 0.397. The number of nitrogens with two attached hydrogens (primary N) is 2. The van der Waals surface area contributed by atoms with Crippen LogP contribution < -0.4 is 22.2 Å². The number of nitrogen functional groups attached to an aromatic ring is 2. The molecule has 0 saturated carbocycles. The second-order valence-corrected chi connectivity index (χ2v) is 7.70. The highest BCUT2D eigenvalue weighted by Gasteiger charge is 2.24. The van der Waals surface area contributed by atoms with Crippen LogP contribution in [-0.2, 0) is 7.05 Å². The molecule has 4 aromatic rings. The molecule has 2 aromatic carbocycles. The largest absolute Gasteiger partial charge is 0.392 e. The zero-order chi connectivity index (χ0) is 23.0. The Balaban J connectivity index is 2.00. The van der Waals surface area contributed by atoms with Crippen molar-refractivity contribution >= 4 is 45.8 Å². The van der Waals surface area contributed by atoms with Gasteiger partial charge in [0.2, 0.25) is 5.95 Å². The monoisotopic (exact) mass is 445 g/mol. The predicted molar refractivity (Wildman–Crippen MR) is 129 cm³/mol. The average molecular weight is 446 g/mol. The summed E-state index contributed by atoms with van der Waals surface area (Å²) < 4.78 is 1.92. The molecule has 32 heavy (non-hydrogen) atoms. The Kier molecular flexibility index (Phi) is 5.43. The van der Waals surface area contributed by atoms with Crippen LogP contribution in [0, 0.1) is 6.57 Å². The van der Waals surface area contributed by atoms with Crippen molar-refractivity contribution in [2.75, 3.05) is 16.8 Å². The third kappa shape index (κ3) is 3.49. The van der Waals surface area contributed by atoms with Crippen molar-refractivity contribution in [3.63, 3.8) is 0 Å². The third-order valence-corrected chi connectivity index (χ3v) is 5.58. The molecule has 2 heterocycles. The standard InChI is InChI=1S/C23H20ClN7O/c1-12(28-22-17(27-2)21(25)29-23(26)30-22)16-18(13-8-5-4-6-9-13)31(3)19-14(20(16)32)10-7-11-15(19)24/h4-12H,1,3H3,(H5,25,26,28,29,30). The van der Waals surface area contributed by atoms with E-state index in [0.717, 1.165) is 5.56 Å². The smallest absolute Gasteiger partial charge is 0.268 e. The van der Waals surface area contributed by atoms with Gasteiger partial charge in [-0.3, -0.25) is 4.79 Å². The summed E-state index contributed by atoms with van der Waals surface area (Å²) in [5.74, 6) is 0.0829. The van der Waals surface area contributed by atoms with E-state index in [2.05, 4.69) is 20.1 Å². The molecule has 0 bridgehead atoms. The number of hydrogen-bond acceptors (Lipinski definition) is 6. The molecule has 0 aliphatic carbocycles. The summed E-state index contributed by atoms with van der Waals surface area (Å²) in [5, 5.41) is 4.13. The van der Waals surface area contributed by atoms with Crippen molar-refractivity contribution < 1.29 is 0 Å². The fourth-order valence-electron chi connectivity index (χ4n) is 3.91. The van der Waals surface area contributed by atoms with E-state index in [4.69, 9.17) is 29.6 Å². The fourth-order valence-corrected chi connectivity index (χ4v) is 4.21. The SMILES string of the molecule is [C-]#[N+]c1c(N)nc(N)nc1NC(C)c1c(-c2ccccc2)n(C)c2c(Cl)cccc2c1=O. The molecule has 0 aliphatic rings. The molecule has 0 radical (unpaired) electrons. The number of rotatable bonds is 4. The van der Waals surface area contributed by atoms with Crippen LogP contribution in [0.5, 0.6) is 0 Å². The minimum atomic E-state index is -0.540. The lowest BCUT2D eigenvalue weighted by molar-refractivity contribution is 0.838. The molecule has 2 aromatic heterocycles. The second kappa shape index (κ2) is 8.21. The zero-order valence-corrected chi connectivity index (χ0v) is 18.2. The molecule has 160 valence electrons. The van der Waals surface area contributed by atoms with Crippen LogP contribution >= 0.6 is 11.6 Å². The normalized spacial score (nSPS) is 11.8. The van der Waals surface area contributed by atoms with Crippen LogP contribution in [0.15, 0.2) is 53.3 Å². The molecule has 0 aliphatic heterocycles. The predicted octanol–water partition coefficient (Wildman–Crippen LogP) is 4.54. The number of fused-ring (bicyclic) bond motifs is 1. The van der Waals surface area contributed by atoms with Gasteiger partial charge in [-0.15, -0.1) is 0 Å². The molecule has 9 heteroatoms. The van der Waals surface area contributed by atoms with E-state index in [1.54, 1.807) is 18.2 Å². The van der Waals surface area contributed by atoms with Crippen molar-refractivity contribution in [2.45, 2.75) is 13.0 Å². The number of pyridine rings is 1. The van der Waals surface area contributed by atoms with Gasteiger partial charge in [-0.1, -0.05) is 48.0 Å². The van der Waals surface area contributed by atoms with Gasteiger partial charge in [-0.25, -0.2) is 14.8 Å². The maximum absolute atomic E-state index is 13.7. The molecule has 1 atom stereocenters. The summed E-state index contributed by atoms with van der Waals surface area (Å²) in [7, 11) is 1.87. The number of benzene rings is 2. The van der Waals surface area contributed by atoms with Crippen molar-refractivity contribution in [1.82, 2.24) is 14.5 Å². The molecule has 8 nitrogen and oxygen atoms in total. The van der Waals surface area contributed by atoms with Gasteiger partial charge < -0.3 is 21.4 Å². The zero-order valence-electron chi connectivity index (χ0n) is 17.4. The minimum absolute atomic E-state index is 0.0244. The lowest BCUT2D eigenvalue weighted by Gasteiger charge is -2.23. The van der Waals surface area contributed by atoms with E-state index in [0.29, 0.717) is 27.2 Å². The summed E-state index contributed by atoms with van der Waals surface area (Å²) in [4.78, 5) is 25.1. The molecule has 0 fully saturated rings. The third-order valence-electron chi connectivity index (χ3n) is 5.28. The number of aromatic nitrogens is 3. The highest BCUT2D eigenvalue weighted by molar-refractivity contribution is 6.35. The molecule has 0 saturated heterocycles. The van der Waals surface area contributed by atoms with Gasteiger partial charge in [-0.2, -0.15) is 0 Å². The first-order valence-corrected chi connectivity index (χ1v) is 10.1. The highest BCUT2D eigenvalue weighted by atomic mass is 35.5. The van der Waals surface area contributed by atoms with Gasteiger partial charge in [-0.05, 0) is 24.6 Å². The van der Waals surface area contributed by atoms with Gasteiger partial charge in [0.15, 0.2) is 5.43 Å². The number of anilines is 3. The molecular formula is C23H20ClN7O. The van der Waals surface area contributed by atoms with Crippen molar-refractivity contribution in [2.24, 2.45) is 7.05 Å². The lowest BCUT2D eigenvalue weighted by Crippen LogP contribution is -2.23. The lowest BCUT2D eigenvalue weighted by atomic mass is 9.97. The maximum Gasteiger partial charge on any atom is 0.268 e. The van der Waals surface area contributed by atoms with E-state index in [9.17, 15) is 4.79 Å². The first-order valence-electron chi connectivity index (χ1n) is 9.77. The van der Waals surface area contributed by atoms with E-state index in [1.807, 2.05) is 48.9 Å². The van der Waals surface area contributed by atoms with Crippen LogP contribution in [0.3, 0.4) is 0 Å². The number of nitrogens with zero attached hydrogens (tertiary/aromatic N) is 4. The highest BCUT2D eigenvalue weighted by Crippen LogP contribution is 2.35. The summed E-state index contributed by atoms with van der Waals surface area (Å²) in [6.45, 7) is 9.25. The molecule has 1 unspecified atom stereocenters. The Morgan fingerprint density at radius 3 is 2.53 bits per heavy atom. The molecule has 0 amide bonds. The number of para-hydroxylation sites is 1. The second-order valence-electron chi connectivity index (χ2n) is 7.29. The van der Waals surface area contributed by atoms with E-state index in [-0.39, 0.29) is 28.7 Å². The Morgan fingerprint density at radius 1 is 1.12 bits per heavy atom. The van der Waals surface area contributed by atoms with Gasteiger partial charge in [0.25, 0.3) is 5.69 Å². The van der Waals surface area contributed by atoms with E-state index in [1.165, 1.54) is 0 Å². The van der Waals surface area contributed by atoms with E-state index >= 15 is 0 Å². The van der Waals surface area contributed by atoms with Crippen molar-refractivity contribution in [3.05, 3.63) is 80.8 Å². The van der Waals surface area contributed by atoms with Crippen LogP contribution in [0.1, 0.15) is 18.5 Å². The number of halogens is 1. The van der Waals surface area contributed by atoms with Gasteiger partial charge >= 0.3 is 0 Å². The van der Waals surface area contributed by atoms with Crippen LogP contribution in [-0.4, -0.2) is 14.5 Å². The summed E-state index contributed by atoms with van der Waals surface area (Å²) in [6, 6.07) is 14.3. The first-order chi connectivity index (χ1) is 15.3. The van der Waals surface area contributed by atoms with Crippen LogP contribution in [0.2, 0.25) is 5.02 Å². The summed E-state index contributed by atoms with van der Waals surface area (Å²) in [5.41, 5.74) is 14.2. The summed E-state index contributed by atoms with van der Waals surface area (Å²) >= 11 is 6.48. The van der Waals surface area contributed by atoms with Crippen molar-refractivity contribution in [1.29, 1.82) is 0 Å². The Morgan fingerprint density at radius 2 is 1.84 bits per heavy atom. The maximum atomic E-state index is 13.7. The Bertz CT molecular complexity index is 1440. The van der Waals surface area contributed by atoms with Gasteiger partial charge in [0.05, 0.1) is 28.8 Å². The number of aryl methyl sites for hydroxylation is 1. The molecular weight excluding hydrogens is 426 g/mol. The molecule has 4 rings (SSSR count). The van der Waals surface area contributed by atoms with Crippen LogP contribution in [0.25, 0.3) is 27.0 Å². The topological polar surface area (TPSA) is 116 Å². The van der Waals surface area contributed by atoms with E-state index < -0.39 is 6.04 Å². The van der Waals surface area contributed by atoms with Crippen LogP contribution in [0.4, 0.5) is 23.3 Å². The Labute approximate surface area is 189 Å². The molecule has 0 spiro atoms. The number of hydrogen-bond donors (Lipinski definition) is 3. The fraction of sp³-hybridized carbons (Fsp3) is 0.130.